The lowest BCUT2D eigenvalue weighted by molar-refractivity contribution is -0.118. The van der Waals surface area contributed by atoms with Gasteiger partial charge in [0.1, 0.15) is 0 Å². The number of nitrogens with zero attached hydrogens (tertiary/aromatic N) is 1. The zero-order valence-electron chi connectivity index (χ0n) is 9.47. The van der Waals surface area contributed by atoms with Gasteiger partial charge < -0.3 is 10.2 Å². The normalized spacial score (nSPS) is 8.62. The molecule has 0 bridgehead atoms. The summed E-state index contributed by atoms with van der Waals surface area (Å²) in [5.74, 6) is 0. The highest BCUT2D eigenvalue weighted by molar-refractivity contribution is 5.46. The quantitative estimate of drug-likeness (QED) is 0.614. The van der Waals surface area contributed by atoms with Crippen molar-refractivity contribution >= 4 is 6.41 Å². The van der Waals surface area contributed by atoms with Gasteiger partial charge in [-0.05, 0) is 13.5 Å². The molecule has 0 rings (SSSR count). The molecule has 0 saturated carbocycles. The van der Waals surface area contributed by atoms with Crippen LogP contribution in [0.15, 0.2) is 0 Å². The van der Waals surface area contributed by atoms with Gasteiger partial charge in [0.2, 0.25) is 6.41 Å². The predicted molar refractivity (Wildman–Crippen MR) is 57.8 cm³/mol. The van der Waals surface area contributed by atoms with E-state index in [9.17, 15) is 4.79 Å². The summed E-state index contributed by atoms with van der Waals surface area (Å²) in [5.41, 5.74) is 0. The third-order valence-corrected chi connectivity index (χ3v) is 1.60. The zero-order chi connectivity index (χ0) is 10.5. The largest absolute Gasteiger partial charge is 0.344 e. The first-order valence-corrected chi connectivity index (χ1v) is 5.19. The van der Waals surface area contributed by atoms with E-state index in [1.54, 1.807) is 4.90 Å². The molecule has 0 aromatic heterocycles. The van der Waals surface area contributed by atoms with Gasteiger partial charge in [0, 0.05) is 19.6 Å². The minimum Gasteiger partial charge on any atom is -0.344 e. The number of nitrogens with one attached hydrogen (secondary N) is 1. The maximum Gasteiger partial charge on any atom is 0.209 e. The molecule has 3 heteroatoms. The highest BCUT2D eigenvalue weighted by Gasteiger charge is 1.97. The molecule has 0 aliphatic heterocycles. The molecule has 0 unspecified atom stereocenters. The molecule has 0 aromatic rings. The number of likely N-dealkylation sites (N-methyl/N-ethyl adjacent to an activating group) is 1. The second kappa shape index (κ2) is 14.0. The summed E-state index contributed by atoms with van der Waals surface area (Å²) in [6.07, 6.45) is 3.17. The van der Waals surface area contributed by atoms with Gasteiger partial charge in [-0.1, -0.05) is 27.2 Å². The van der Waals surface area contributed by atoms with Crippen molar-refractivity contribution in [2.75, 3.05) is 26.7 Å². The van der Waals surface area contributed by atoms with E-state index < -0.39 is 0 Å². The maximum absolute atomic E-state index is 10.4. The Morgan fingerprint density at radius 3 is 2.31 bits per heavy atom. The summed E-state index contributed by atoms with van der Waals surface area (Å²) >= 11 is 0. The third-order valence-electron chi connectivity index (χ3n) is 1.60. The van der Waals surface area contributed by atoms with Crippen LogP contribution in [0.2, 0.25) is 0 Å². The van der Waals surface area contributed by atoms with E-state index >= 15 is 0 Å². The van der Waals surface area contributed by atoms with Gasteiger partial charge in [-0.2, -0.15) is 0 Å². The zero-order valence-corrected chi connectivity index (χ0v) is 9.47. The Hall–Kier alpha value is -0.570. The molecule has 0 aliphatic rings. The fraction of sp³-hybridized carbons (Fsp3) is 0.900. The summed E-state index contributed by atoms with van der Waals surface area (Å²) in [6, 6.07) is 0. The Morgan fingerprint density at radius 1 is 1.31 bits per heavy atom. The van der Waals surface area contributed by atoms with Crippen LogP contribution in [-0.2, 0) is 4.79 Å². The van der Waals surface area contributed by atoms with Crippen LogP contribution in [-0.4, -0.2) is 38.0 Å². The van der Waals surface area contributed by atoms with Crippen LogP contribution in [0.5, 0.6) is 0 Å². The number of amides is 1. The fourth-order valence-electron chi connectivity index (χ4n) is 0.834. The smallest absolute Gasteiger partial charge is 0.209 e. The average Bonchev–Trinajstić information content (AvgIpc) is 2.21. The van der Waals surface area contributed by atoms with Crippen molar-refractivity contribution in [3.63, 3.8) is 0 Å². The molecule has 0 aromatic carbocycles. The molecule has 13 heavy (non-hydrogen) atoms. The fourth-order valence-corrected chi connectivity index (χ4v) is 0.834. The number of carbonyl (C=O) groups is 1. The van der Waals surface area contributed by atoms with Crippen LogP contribution in [0, 0.1) is 0 Å². The van der Waals surface area contributed by atoms with E-state index in [1.807, 2.05) is 20.9 Å². The monoisotopic (exact) mass is 188 g/mol. The SMILES string of the molecule is CC.CCCCN(C=O)CCNC. The van der Waals surface area contributed by atoms with E-state index in [-0.39, 0.29) is 0 Å². The molecule has 80 valence electrons. The lowest BCUT2D eigenvalue weighted by Crippen LogP contribution is -2.30. The molecule has 0 atom stereocenters. The molecule has 0 saturated heterocycles. The molecule has 0 heterocycles. The van der Waals surface area contributed by atoms with Gasteiger partial charge >= 0.3 is 0 Å². The summed E-state index contributed by atoms with van der Waals surface area (Å²) in [7, 11) is 1.89. The second-order valence-corrected chi connectivity index (χ2v) is 2.60. The number of unbranched alkanes of at least 4 members (excludes halogenated alkanes) is 1. The van der Waals surface area contributed by atoms with Gasteiger partial charge in [0.15, 0.2) is 0 Å². The predicted octanol–water partition coefficient (Wildman–Crippen LogP) is 1.49. The Morgan fingerprint density at radius 2 is 1.92 bits per heavy atom. The van der Waals surface area contributed by atoms with E-state index in [0.717, 1.165) is 38.9 Å². The summed E-state index contributed by atoms with van der Waals surface area (Å²) in [6.45, 7) is 8.71. The molecule has 0 spiro atoms. The molecule has 0 fully saturated rings. The van der Waals surface area contributed by atoms with Crippen molar-refractivity contribution < 1.29 is 4.79 Å². The standard InChI is InChI=1S/C8H18N2O.C2H6/c1-3-4-6-10(8-11)7-5-9-2;1-2/h8-9H,3-7H2,1-2H3;1-2H3. The first-order chi connectivity index (χ1) is 6.35. The topological polar surface area (TPSA) is 32.3 Å². The first kappa shape index (κ1) is 14.9. The molecule has 3 nitrogen and oxygen atoms in total. The van der Waals surface area contributed by atoms with Crippen molar-refractivity contribution in [1.82, 2.24) is 10.2 Å². The van der Waals surface area contributed by atoms with Crippen molar-refractivity contribution in [2.24, 2.45) is 0 Å². The molecule has 0 aliphatic carbocycles. The van der Waals surface area contributed by atoms with E-state index in [0.29, 0.717) is 0 Å². The number of hydrogen-bond donors (Lipinski definition) is 1. The van der Waals surface area contributed by atoms with Gasteiger partial charge in [0.05, 0.1) is 0 Å². The van der Waals surface area contributed by atoms with Crippen LogP contribution in [0.1, 0.15) is 33.6 Å². The lowest BCUT2D eigenvalue weighted by Gasteiger charge is -2.15. The van der Waals surface area contributed by atoms with Crippen LogP contribution in [0.4, 0.5) is 0 Å². The molecule has 0 radical (unpaired) electrons. The van der Waals surface area contributed by atoms with Gasteiger partial charge in [-0.15, -0.1) is 0 Å². The Bertz CT molecular complexity index is 88.9. The highest BCUT2D eigenvalue weighted by Crippen LogP contribution is 1.90. The Balaban J connectivity index is 0. The molecular weight excluding hydrogens is 164 g/mol. The van der Waals surface area contributed by atoms with Gasteiger partial charge in [-0.3, -0.25) is 4.79 Å². The van der Waals surface area contributed by atoms with Gasteiger partial charge in [-0.25, -0.2) is 0 Å². The summed E-state index contributed by atoms with van der Waals surface area (Å²) in [5, 5.41) is 3.01. The minimum atomic E-state index is 0.819. The Kier molecular flexibility index (Phi) is 16.1. The van der Waals surface area contributed by atoms with Crippen molar-refractivity contribution in [1.29, 1.82) is 0 Å². The number of hydrogen-bond acceptors (Lipinski definition) is 2. The summed E-state index contributed by atoms with van der Waals surface area (Å²) < 4.78 is 0. The van der Waals surface area contributed by atoms with Crippen molar-refractivity contribution in [3.05, 3.63) is 0 Å². The van der Waals surface area contributed by atoms with Crippen LogP contribution in [0.25, 0.3) is 0 Å². The average molecular weight is 188 g/mol. The van der Waals surface area contributed by atoms with E-state index in [1.165, 1.54) is 0 Å². The molecule has 1 amide bonds. The third kappa shape index (κ3) is 11.4. The highest BCUT2D eigenvalue weighted by atomic mass is 16.1. The second-order valence-electron chi connectivity index (χ2n) is 2.60. The van der Waals surface area contributed by atoms with Gasteiger partial charge in [0.25, 0.3) is 0 Å². The van der Waals surface area contributed by atoms with Crippen LogP contribution >= 0.6 is 0 Å². The number of carbonyl (C=O) groups excluding carboxylic acids is 1. The van der Waals surface area contributed by atoms with E-state index in [4.69, 9.17) is 0 Å². The molecule has 1 N–H and O–H groups in total. The first-order valence-electron chi connectivity index (χ1n) is 5.19. The lowest BCUT2D eigenvalue weighted by atomic mass is 10.3. The van der Waals surface area contributed by atoms with Crippen molar-refractivity contribution in [3.8, 4) is 0 Å². The van der Waals surface area contributed by atoms with E-state index in [2.05, 4.69) is 12.2 Å². The van der Waals surface area contributed by atoms with Crippen LogP contribution < -0.4 is 5.32 Å². The van der Waals surface area contributed by atoms with Crippen molar-refractivity contribution in [2.45, 2.75) is 33.6 Å². The summed E-state index contributed by atoms with van der Waals surface area (Å²) in [4.78, 5) is 12.2. The Labute approximate surface area is 82.5 Å². The minimum absolute atomic E-state index is 0.819. The molecular formula is C10H24N2O. The maximum atomic E-state index is 10.4. The number of rotatable bonds is 7. The van der Waals surface area contributed by atoms with Crippen LogP contribution in [0.3, 0.4) is 0 Å².